The minimum Gasteiger partial charge on any atom is -0.393 e. The number of rotatable bonds is 4. The smallest absolute Gasteiger partial charge is 0.253 e. The number of aliphatic hydroxyl groups is 1. The average molecular weight is 355 g/mol. The van der Waals surface area contributed by atoms with Gasteiger partial charge in [-0.05, 0) is 37.1 Å². The van der Waals surface area contributed by atoms with Crippen molar-refractivity contribution in [2.75, 3.05) is 19.7 Å². The second-order valence-corrected chi connectivity index (χ2v) is 8.99. The lowest BCUT2D eigenvalue weighted by molar-refractivity contribution is 0.0631. The quantitative estimate of drug-likeness (QED) is 0.896. The van der Waals surface area contributed by atoms with Crippen LogP contribution in [0.1, 0.15) is 42.5 Å². The molecule has 2 fully saturated rings. The Morgan fingerprint density at radius 3 is 2.42 bits per heavy atom. The van der Waals surface area contributed by atoms with Gasteiger partial charge in [0, 0.05) is 18.5 Å². The molecule has 2 aliphatic rings. The number of likely N-dealkylation sites (tertiary alicyclic amines) is 1. The Morgan fingerprint density at radius 1 is 1.25 bits per heavy atom. The second-order valence-electron chi connectivity index (χ2n) is 6.76. The molecule has 0 radical (unpaired) electrons. The predicted molar refractivity (Wildman–Crippen MR) is 87.3 cm³/mol. The number of amides is 1. The van der Waals surface area contributed by atoms with Gasteiger partial charge in [-0.3, -0.25) is 4.79 Å². The standard InChI is InChI=1S/C17H22FNO4S/c18-17(12-20)9-10-19(11-17)16(21)13-5-7-15(8-6-13)24(22,23)14-3-1-2-4-14/h5-8,14,20H,1-4,9-12H2. The van der Waals surface area contributed by atoms with Crippen LogP contribution in [0.4, 0.5) is 4.39 Å². The van der Waals surface area contributed by atoms with Crippen LogP contribution in [0.3, 0.4) is 0 Å². The van der Waals surface area contributed by atoms with Crippen LogP contribution < -0.4 is 0 Å². The summed E-state index contributed by atoms with van der Waals surface area (Å²) in [5, 5.41) is 8.72. The molecule has 1 N–H and O–H groups in total. The van der Waals surface area contributed by atoms with Gasteiger partial charge in [-0.1, -0.05) is 12.8 Å². The van der Waals surface area contributed by atoms with Crippen LogP contribution in [0.25, 0.3) is 0 Å². The number of sulfone groups is 1. The minimum atomic E-state index is -3.34. The topological polar surface area (TPSA) is 74.7 Å². The van der Waals surface area contributed by atoms with Gasteiger partial charge in [0.2, 0.25) is 0 Å². The van der Waals surface area contributed by atoms with Crippen LogP contribution in [0.2, 0.25) is 0 Å². The molecule has 1 atom stereocenters. The molecule has 1 aliphatic carbocycles. The number of benzene rings is 1. The van der Waals surface area contributed by atoms with E-state index in [2.05, 4.69) is 0 Å². The summed E-state index contributed by atoms with van der Waals surface area (Å²) in [7, 11) is -3.34. The van der Waals surface area contributed by atoms with Crippen molar-refractivity contribution in [1.82, 2.24) is 4.90 Å². The highest BCUT2D eigenvalue weighted by molar-refractivity contribution is 7.92. The van der Waals surface area contributed by atoms with Gasteiger partial charge in [0.15, 0.2) is 15.5 Å². The fourth-order valence-corrected chi connectivity index (χ4v) is 5.35. The molecule has 5 nitrogen and oxygen atoms in total. The molecule has 7 heteroatoms. The Labute approximate surface area is 141 Å². The van der Waals surface area contributed by atoms with Gasteiger partial charge in [-0.25, -0.2) is 12.8 Å². The molecule has 1 saturated heterocycles. The van der Waals surface area contributed by atoms with Gasteiger partial charge in [-0.2, -0.15) is 0 Å². The summed E-state index contributed by atoms with van der Waals surface area (Å²) < 4.78 is 39.1. The first-order chi connectivity index (χ1) is 11.4. The second kappa shape index (κ2) is 6.44. The molecule has 0 bridgehead atoms. The number of hydrogen-bond donors (Lipinski definition) is 1. The fourth-order valence-electron chi connectivity index (χ4n) is 3.50. The molecule has 1 aromatic carbocycles. The number of aliphatic hydroxyl groups excluding tert-OH is 1. The van der Waals surface area contributed by atoms with Crippen molar-refractivity contribution in [2.24, 2.45) is 0 Å². The van der Waals surface area contributed by atoms with E-state index in [0.717, 1.165) is 12.8 Å². The largest absolute Gasteiger partial charge is 0.393 e. The summed E-state index contributed by atoms with van der Waals surface area (Å²) in [6, 6.07) is 5.90. The fraction of sp³-hybridized carbons (Fsp3) is 0.588. The summed E-state index contributed by atoms with van der Waals surface area (Å²) in [6.07, 6.45) is 3.37. The Hall–Kier alpha value is -1.47. The number of nitrogens with zero attached hydrogens (tertiary/aromatic N) is 1. The van der Waals surface area contributed by atoms with Gasteiger partial charge in [0.05, 0.1) is 23.3 Å². The summed E-state index contributed by atoms with van der Waals surface area (Å²) in [4.78, 5) is 14.0. The number of halogens is 1. The minimum absolute atomic E-state index is 0.114. The molecule has 0 aromatic heterocycles. The van der Waals surface area contributed by atoms with Crippen LogP contribution in [0.15, 0.2) is 29.2 Å². The predicted octanol–water partition coefficient (Wildman–Crippen LogP) is 1.95. The lowest BCUT2D eigenvalue weighted by Gasteiger charge is -2.19. The zero-order valence-electron chi connectivity index (χ0n) is 13.4. The van der Waals surface area contributed by atoms with Crippen molar-refractivity contribution in [3.8, 4) is 0 Å². The number of hydrogen-bond acceptors (Lipinski definition) is 4. The highest BCUT2D eigenvalue weighted by Crippen LogP contribution is 2.30. The van der Waals surface area contributed by atoms with Gasteiger partial charge in [0.25, 0.3) is 5.91 Å². The molecule has 1 unspecified atom stereocenters. The van der Waals surface area contributed by atoms with Crippen LogP contribution in [-0.2, 0) is 9.84 Å². The van der Waals surface area contributed by atoms with E-state index in [-0.39, 0.29) is 35.6 Å². The summed E-state index contributed by atoms with van der Waals surface area (Å²) in [5.41, 5.74) is -1.40. The van der Waals surface area contributed by atoms with Crippen molar-refractivity contribution >= 4 is 15.7 Å². The first kappa shape index (κ1) is 17.4. The maximum Gasteiger partial charge on any atom is 0.253 e. The third-order valence-corrected chi connectivity index (χ3v) is 7.32. The van der Waals surface area contributed by atoms with E-state index >= 15 is 0 Å². The lowest BCUT2D eigenvalue weighted by atomic mass is 10.1. The number of carbonyl (C=O) groups is 1. The highest BCUT2D eigenvalue weighted by atomic mass is 32.2. The number of alkyl halides is 1. The van der Waals surface area contributed by atoms with E-state index in [4.69, 9.17) is 5.11 Å². The molecule has 1 aromatic rings. The molecule has 1 heterocycles. The molecule has 3 rings (SSSR count). The van der Waals surface area contributed by atoms with Crippen LogP contribution in [-0.4, -0.2) is 54.9 Å². The Bertz CT molecular complexity index is 713. The first-order valence-electron chi connectivity index (χ1n) is 8.29. The van der Waals surface area contributed by atoms with Crippen LogP contribution in [0.5, 0.6) is 0 Å². The van der Waals surface area contributed by atoms with E-state index in [0.29, 0.717) is 18.4 Å². The Morgan fingerprint density at radius 2 is 1.88 bits per heavy atom. The highest BCUT2D eigenvalue weighted by Gasteiger charge is 2.40. The van der Waals surface area contributed by atoms with Crippen LogP contribution in [0, 0.1) is 0 Å². The molecule has 1 aliphatic heterocycles. The average Bonchev–Trinajstić information content (AvgIpc) is 3.25. The maximum absolute atomic E-state index is 14.0. The molecule has 0 spiro atoms. The van der Waals surface area contributed by atoms with Crippen molar-refractivity contribution in [2.45, 2.75) is 47.9 Å². The summed E-state index contributed by atoms with van der Waals surface area (Å²) >= 11 is 0. The molecule has 1 saturated carbocycles. The van der Waals surface area contributed by atoms with Crippen molar-refractivity contribution in [1.29, 1.82) is 0 Å². The molecular weight excluding hydrogens is 333 g/mol. The van der Waals surface area contributed by atoms with E-state index in [1.165, 1.54) is 29.2 Å². The zero-order valence-corrected chi connectivity index (χ0v) is 14.3. The summed E-state index contributed by atoms with van der Waals surface area (Å²) in [6.45, 7) is -0.488. The first-order valence-corrected chi connectivity index (χ1v) is 9.83. The molecule has 132 valence electrons. The van der Waals surface area contributed by atoms with Gasteiger partial charge in [0.1, 0.15) is 0 Å². The Kier molecular flexibility index (Phi) is 4.66. The molecular formula is C17H22FNO4S. The molecule has 1 amide bonds. The van der Waals surface area contributed by atoms with Crippen molar-refractivity contribution in [3.05, 3.63) is 29.8 Å². The monoisotopic (exact) mass is 355 g/mol. The van der Waals surface area contributed by atoms with Crippen LogP contribution >= 0.6 is 0 Å². The van der Waals surface area contributed by atoms with Crippen molar-refractivity contribution < 1.29 is 22.7 Å². The third-order valence-electron chi connectivity index (χ3n) is 5.05. The van der Waals surface area contributed by atoms with Gasteiger partial charge >= 0.3 is 0 Å². The normalized spacial score (nSPS) is 25.3. The van der Waals surface area contributed by atoms with Gasteiger partial charge < -0.3 is 10.0 Å². The third kappa shape index (κ3) is 3.19. The summed E-state index contributed by atoms with van der Waals surface area (Å²) in [5.74, 6) is -0.340. The van der Waals surface area contributed by atoms with E-state index < -0.39 is 22.1 Å². The van der Waals surface area contributed by atoms with Gasteiger partial charge in [-0.15, -0.1) is 0 Å². The zero-order chi connectivity index (χ0) is 17.4. The van der Waals surface area contributed by atoms with E-state index in [9.17, 15) is 17.6 Å². The molecule has 24 heavy (non-hydrogen) atoms. The van der Waals surface area contributed by atoms with E-state index in [1.807, 2.05) is 0 Å². The lowest BCUT2D eigenvalue weighted by Crippen LogP contribution is -2.35. The number of carbonyl (C=O) groups excluding carboxylic acids is 1. The Balaban J connectivity index is 1.74. The van der Waals surface area contributed by atoms with Crippen molar-refractivity contribution in [3.63, 3.8) is 0 Å². The van der Waals surface area contributed by atoms with E-state index in [1.54, 1.807) is 0 Å². The SMILES string of the molecule is O=C(c1ccc(S(=O)(=O)C2CCCC2)cc1)N1CCC(F)(CO)C1. The maximum atomic E-state index is 14.0.